The molecule has 118 valence electrons. The number of nitrogens with zero attached hydrogens (tertiary/aromatic N) is 2. The van der Waals surface area contributed by atoms with Crippen LogP contribution in [0.2, 0.25) is 0 Å². The molecule has 0 aliphatic carbocycles. The summed E-state index contributed by atoms with van der Waals surface area (Å²) in [6.07, 6.45) is 1.58. The van der Waals surface area contributed by atoms with Crippen LogP contribution < -0.4 is 15.9 Å². The molecule has 0 aliphatic heterocycles. The maximum Gasteiger partial charge on any atom is 0.269 e. The fourth-order valence-corrected chi connectivity index (χ4v) is 1.75. The van der Waals surface area contributed by atoms with Gasteiger partial charge < -0.3 is 10.5 Å². The van der Waals surface area contributed by atoms with Gasteiger partial charge in [-0.3, -0.25) is 15.5 Å². The Morgan fingerprint density at radius 2 is 1.91 bits per heavy atom. The molecule has 23 heavy (non-hydrogen) atoms. The molecule has 2 aromatic carbocycles. The number of hydrogen-bond donors (Lipinski definition) is 2. The van der Waals surface area contributed by atoms with Crippen molar-refractivity contribution in [2.75, 3.05) is 0 Å². The van der Waals surface area contributed by atoms with Crippen molar-refractivity contribution in [3.05, 3.63) is 69.8 Å². The number of rotatable bonds is 6. The van der Waals surface area contributed by atoms with Crippen molar-refractivity contribution < 1.29 is 9.66 Å². The molecule has 0 amide bonds. The van der Waals surface area contributed by atoms with E-state index >= 15 is 0 Å². The third-order valence-electron chi connectivity index (χ3n) is 2.82. The molecule has 0 bridgehead atoms. The van der Waals surface area contributed by atoms with Crippen molar-refractivity contribution >= 4 is 29.2 Å². The smallest absolute Gasteiger partial charge is 0.269 e. The zero-order valence-corrected chi connectivity index (χ0v) is 12.8. The Hall–Kier alpha value is -3.00. The molecule has 3 N–H and O–H groups in total. The van der Waals surface area contributed by atoms with Crippen LogP contribution in [0.5, 0.6) is 5.75 Å². The summed E-state index contributed by atoms with van der Waals surface area (Å²) in [4.78, 5) is 10.1. The summed E-state index contributed by atoms with van der Waals surface area (Å²) < 4.78 is 5.62. The Balaban J connectivity index is 1.89. The first kappa shape index (κ1) is 16.4. The molecule has 0 saturated carbocycles. The van der Waals surface area contributed by atoms with Gasteiger partial charge in [0.05, 0.1) is 11.1 Å². The van der Waals surface area contributed by atoms with Gasteiger partial charge in [0.2, 0.25) is 0 Å². The van der Waals surface area contributed by atoms with E-state index < -0.39 is 4.92 Å². The van der Waals surface area contributed by atoms with Gasteiger partial charge in [0.1, 0.15) is 12.4 Å². The zero-order valence-electron chi connectivity index (χ0n) is 12.0. The molecule has 0 unspecified atom stereocenters. The lowest BCUT2D eigenvalue weighted by Crippen LogP contribution is -2.23. The minimum absolute atomic E-state index is 0.0583. The number of benzene rings is 2. The molecule has 2 rings (SSSR count). The summed E-state index contributed by atoms with van der Waals surface area (Å²) in [6.45, 7) is 0.328. The minimum Gasteiger partial charge on any atom is -0.489 e. The number of nitrogens with two attached hydrogens (primary N) is 1. The lowest BCUT2D eigenvalue weighted by molar-refractivity contribution is -0.384. The Morgan fingerprint density at radius 3 is 2.48 bits per heavy atom. The van der Waals surface area contributed by atoms with Gasteiger partial charge >= 0.3 is 0 Å². The van der Waals surface area contributed by atoms with E-state index in [0.717, 1.165) is 11.1 Å². The van der Waals surface area contributed by atoms with Crippen LogP contribution in [0.4, 0.5) is 5.69 Å². The Labute approximate surface area is 137 Å². The zero-order chi connectivity index (χ0) is 16.7. The standard InChI is InChI=1S/C15H14N4O3S/c16-15(23)18-17-9-11-3-7-14(8-4-11)22-10-12-1-5-13(6-2-12)19(20)21/h1-9H,10H2,(H3,16,18,23)/b17-9-. The SMILES string of the molecule is NC(=S)N/N=C\c1ccc(OCc2ccc([N+](=O)[O-])cc2)cc1. The lowest BCUT2D eigenvalue weighted by atomic mass is 10.2. The van der Waals surface area contributed by atoms with E-state index in [1.165, 1.54) is 12.1 Å². The molecule has 0 aromatic heterocycles. The second-order valence-electron chi connectivity index (χ2n) is 4.52. The summed E-state index contributed by atoms with van der Waals surface area (Å²) in [5.41, 5.74) is 9.48. The molecule has 0 heterocycles. The highest BCUT2D eigenvalue weighted by molar-refractivity contribution is 7.80. The van der Waals surface area contributed by atoms with Crippen LogP contribution >= 0.6 is 12.2 Å². The van der Waals surface area contributed by atoms with E-state index in [1.54, 1.807) is 30.5 Å². The average molecular weight is 330 g/mol. The predicted octanol–water partition coefficient (Wildman–Crippen LogP) is 2.34. The summed E-state index contributed by atoms with van der Waals surface area (Å²) >= 11 is 4.63. The molecule has 0 fully saturated rings. The van der Waals surface area contributed by atoms with Gasteiger partial charge in [0.15, 0.2) is 5.11 Å². The fourth-order valence-electron chi connectivity index (χ4n) is 1.70. The Kier molecular flexibility index (Phi) is 5.59. The van der Waals surface area contributed by atoms with Crippen LogP contribution in [0.1, 0.15) is 11.1 Å². The highest BCUT2D eigenvalue weighted by Gasteiger charge is 2.04. The Bertz CT molecular complexity index is 715. The largest absolute Gasteiger partial charge is 0.489 e. The summed E-state index contributed by atoms with van der Waals surface area (Å²) in [5.74, 6) is 0.683. The number of non-ortho nitro benzene ring substituents is 1. The number of hydrazone groups is 1. The average Bonchev–Trinajstić information content (AvgIpc) is 2.54. The van der Waals surface area contributed by atoms with Crippen LogP contribution in [0.3, 0.4) is 0 Å². The van der Waals surface area contributed by atoms with E-state index in [4.69, 9.17) is 10.5 Å². The molecular formula is C15H14N4O3S. The molecule has 0 atom stereocenters. The summed E-state index contributed by atoms with van der Waals surface area (Å²) in [7, 11) is 0. The molecule has 0 spiro atoms. The molecular weight excluding hydrogens is 316 g/mol. The molecule has 0 saturated heterocycles. The summed E-state index contributed by atoms with van der Waals surface area (Å²) in [5, 5.41) is 14.5. The first-order chi connectivity index (χ1) is 11.0. The van der Waals surface area contributed by atoms with Crippen molar-refractivity contribution in [1.82, 2.24) is 5.43 Å². The maximum absolute atomic E-state index is 10.6. The fraction of sp³-hybridized carbons (Fsp3) is 0.0667. The normalized spacial score (nSPS) is 10.4. The van der Waals surface area contributed by atoms with E-state index in [1.807, 2.05) is 12.1 Å². The predicted molar refractivity (Wildman–Crippen MR) is 91.4 cm³/mol. The van der Waals surface area contributed by atoms with Gasteiger partial charge in [-0.25, -0.2) is 0 Å². The van der Waals surface area contributed by atoms with E-state index in [-0.39, 0.29) is 10.8 Å². The monoisotopic (exact) mass is 330 g/mol. The van der Waals surface area contributed by atoms with Gasteiger partial charge in [-0.1, -0.05) is 0 Å². The van der Waals surface area contributed by atoms with Gasteiger partial charge in [-0.15, -0.1) is 0 Å². The molecule has 0 aliphatic rings. The number of ether oxygens (including phenoxy) is 1. The van der Waals surface area contributed by atoms with Crippen molar-refractivity contribution in [3.8, 4) is 5.75 Å². The second-order valence-corrected chi connectivity index (χ2v) is 4.96. The number of nitrogens with one attached hydrogen (secondary N) is 1. The second kappa shape index (κ2) is 7.85. The highest BCUT2D eigenvalue weighted by atomic mass is 32.1. The first-order valence-corrected chi connectivity index (χ1v) is 7.00. The summed E-state index contributed by atoms with van der Waals surface area (Å²) in [6, 6.07) is 13.5. The van der Waals surface area contributed by atoms with Crippen molar-refractivity contribution in [3.63, 3.8) is 0 Å². The first-order valence-electron chi connectivity index (χ1n) is 6.59. The quantitative estimate of drug-likeness (QED) is 0.365. The third-order valence-corrected chi connectivity index (χ3v) is 2.91. The van der Waals surface area contributed by atoms with Crippen molar-refractivity contribution in [2.45, 2.75) is 6.61 Å². The van der Waals surface area contributed by atoms with Gasteiger partial charge in [0, 0.05) is 12.1 Å². The topological polar surface area (TPSA) is 103 Å². The molecule has 2 aromatic rings. The molecule has 8 heteroatoms. The minimum atomic E-state index is -0.433. The van der Waals surface area contributed by atoms with Crippen LogP contribution in [-0.2, 0) is 6.61 Å². The van der Waals surface area contributed by atoms with Gasteiger partial charge in [0.25, 0.3) is 5.69 Å². The highest BCUT2D eigenvalue weighted by Crippen LogP contribution is 2.16. The maximum atomic E-state index is 10.6. The number of hydrogen-bond acceptors (Lipinski definition) is 5. The molecule has 7 nitrogen and oxygen atoms in total. The number of nitro benzene ring substituents is 1. The van der Waals surface area contributed by atoms with E-state index in [9.17, 15) is 10.1 Å². The lowest BCUT2D eigenvalue weighted by Gasteiger charge is -2.06. The van der Waals surface area contributed by atoms with E-state index in [2.05, 4.69) is 22.7 Å². The van der Waals surface area contributed by atoms with Crippen molar-refractivity contribution in [2.24, 2.45) is 10.8 Å². The number of thiocarbonyl (C=S) groups is 1. The van der Waals surface area contributed by atoms with Crippen LogP contribution in [0.15, 0.2) is 53.6 Å². The van der Waals surface area contributed by atoms with Gasteiger partial charge in [-0.05, 0) is 59.7 Å². The van der Waals surface area contributed by atoms with Crippen molar-refractivity contribution in [1.29, 1.82) is 0 Å². The van der Waals surface area contributed by atoms with E-state index in [0.29, 0.717) is 12.4 Å². The van der Waals surface area contributed by atoms with Crippen LogP contribution in [0, 0.1) is 10.1 Å². The van der Waals surface area contributed by atoms with Crippen LogP contribution in [-0.4, -0.2) is 16.3 Å². The Morgan fingerprint density at radius 1 is 1.26 bits per heavy atom. The number of nitro groups is 1. The van der Waals surface area contributed by atoms with Crippen LogP contribution in [0.25, 0.3) is 0 Å². The van der Waals surface area contributed by atoms with Gasteiger partial charge in [-0.2, -0.15) is 5.10 Å². The third kappa shape index (κ3) is 5.36. The molecule has 0 radical (unpaired) electrons.